The zero-order chi connectivity index (χ0) is 20.2. The Bertz CT molecular complexity index is 1010. The number of benzene rings is 2. The third-order valence-electron chi connectivity index (χ3n) is 3.68. The van der Waals surface area contributed by atoms with Crippen LogP contribution in [0.25, 0.3) is 11.1 Å². The highest BCUT2D eigenvalue weighted by Gasteiger charge is 2.20. The largest absolute Gasteiger partial charge is 0.478 e. The Balaban J connectivity index is 2.68. The molecule has 27 heavy (non-hydrogen) atoms. The van der Waals surface area contributed by atoms with E-state index in [1.807, 2.05) is 0 Å². The monoisotopic (exact) mass is 392 g/mol. The van der Waals surface area contributed by atoms with Crippen LogP contribution in [0.4, 0.5) is 4.39 Å². The second kappa shape index (κ2) is 8.13. The molecular weight excluding hydrogens is 375 g/mol. The molecule has 0 atom stereocenters. The van der Waals surface area contributed by atoms with Gasteiger partial charge < -0.3 is 9.84 Å². The molecule has 0 aliphatic heterocycles. The van der Waals surface area contributed by atoms with E-state index in [2.05, 4.69) is 0 Å². The number of ether oxygens (including phenoxy) is 1. The van der Waals surface area contributed by atoms with Crippen molar-refractivity contribution in [2.75, 3.05) is 12.9 Å². The summed E-state index contributed by atoms with van der Waals surface area (Å²) in [4.78, 5) is 23.2. The highest BCUT2D eigenvalue weighted by molar-refractivity contribution is 7.90. The Labute approximate surface area is 155 Å². The number of carbonyl (C=O) groups excluding carboxylic acids is 1. The quantitative estimate of drug-likeness (QED) is 0.461. The van der Waals surface area contributed by atoms with Crippen molar-refractivity contribution in [1.82, 2.24) is 0 Å². The molecule has 8 heteroatoms. The van der Waals surface area contributed by atoms with Gasteiger partial charge in [0.1, 0.15) is 12.4 Å². The molecule has 142 valence electrons. The van der Waals surface area contributed by atoms with E-state index in [9.17, 15) is 27.5 Å². The van der Waals surface area contributed by atoms with Gasteiger partial charge in [-0.2, -0.15) is 0 Å². The van der Waals surface area contributed by atoms with Crippen LogP contribution in [0.5, 0.6) is 0 Å². The van der Waals surface area contributed by atoms with E-state index in [0.717, 1.165) is 12.3 Å². The van der Waals surface area contributed by atoms with Crippen molar-refractivity contribution >= 4 is 32.9 Å². The van der Waals surface area contributed by atoms with Gasteiger partial charge in [-0.15, -0.1) is 0 Å². The van der Waals surface area contributed by atoms with E-state index in [1.54, 1.807) is 0 Å². The highest BCUT2D eigenvalue weighted by atomic mass is 32.2. The Kier molecular flexibility index (Phi) is 6.12. The van der Waals surface area contributed by atoms with Crippen LogP contribution in [0.3, 0.4) is 0 Å². The van der Waals surface area contributed by atoms with Gasteiger partial charge in [-0.1, -0.05) is 24.3 Å². The van der Waals surface area contributed by atoms with Gasteiger partial charge >= 0.3 is 11.9 Å². The van der Waals surface area contributed by atoms with Gasteiger partial charge in [0.05, 0.1) is 10.5 Å². The summed E-state index contributed by atoms with van der Waals surface area (Å²) in [6.07, 6.45) is 1.05. The average Bonchev–Trinajstić information content (AvgIpc) is 2.57. The first kappa shape index (κ1) is 20.3. The predicted octanol–water partition coefficient (Wildman–Crippen LogP) is 2.79. The molecule has 0 bridgehead atoms. The fourth-order valence-corrected chi connectivity index (χ4v) is 3.08. The van der Waals surface area contributed by atoms with Crippen molar-refractivity contribution in [1.29, 1.82) is 0 Å². The molecule has 0 amide bonds. The molecule has 0 heterocycles. The second-order valence-electron chi connectivity index (χ2n) is 5.75. The Morgan fingerprint density at radius 1 is 1.07 bits per heavy atom. The summed E-state index contributed by atoms with van der Waals surface area (Å²) in [5.74, 6) is -2.58. The Morgan fingerprint density at radius 2 is 1.70 bits per heavy atom. The lowest BCUT2D eigenvalue weighted by molar-refractivity contribution is -0.139. The first-order chi connectivity index (χ1) is 12.6. The molecule has 0 radical (unpaired) electrons. The topological polar surface area (TPSA) is 97.7 Å². The molecule has 6 nitrogen and oxygen atoms in total. The van der Waals surface area contributed by atoms with Crippen molar-refractivity contribution in [2.45, 2.75) is 11.8 Å². The van der Waals surface area contributed by atoms with Crippen molar-refractivity contribution in [3.05, 3.63) is 65.5 Å². The highest BCUT2D eigenvalue weighted by Crippen LogP contribution is 2.28. The summed E-state index contributed by atoms with van der Waals surface area (Å²) in [6, 6.07) is 10.5. The summed E-state index contributed by atoms with van der Waals surface area (Å²) in [7, 11) is -3.43. The molecule has 0 spiro atoms. The zero-order valence-electron chi connectivity index (χ0n) is 14.6. The SMILES string of the molecule is CC(=O)OC/C(=C(\C(=O)O)c1cccc(F)c1)c1ccc(S(C)(=O)=O)cc1. The first-order valence-corrected chi connectivity index (χ1v) is 9.65. The van der Waals surface area contributed by atoms with Crippen molar-refractivity contribution < 1.29 is 32.2 Å². The molecule has 0 aliphatic rings. The summed E-state index contributed by atoms with van der Waals surface area (Å²) in [5, 5.41) is 9.68. The normalized spacial score (nSPS) is 12.3. The maximum absolute atomic E-state index is 13.6. The van der Waals surface area contributed by atoms with Gasteiger partial charge in [0.15, 0.2) is 9.84 Å². The van der Waals surface area contributed by atoms with Crippen molar-refractivity contribution in [3.63, 3.8) is 0 Å². The van der Waals surface area contributed by atoms with Crippen LogP contribution >= 0.6 is 0 Å². The van der Waals surface area contributed by atoms with Gasteiger partial charge in [0.2, 0.25) is 0 Å². The van der Waals surface area contributed by atoms with E-state index in [4.69, 9.17) is 4.74 Å². The van der Waals surface area contributed by atoms with Gasteiger partial charge in [0, 0.05) is 18.8 Å². The Morgan fingerprint density at radius 3 is 2.19 bits per heavy atom. The van der Waals surface area contributed by atoms with Gasteiger partial charge in [-0.3, -0.25) is 4.79 Å². The van der Waals surface area contributed by atoms with Crippen LogP contribution in [0.1, 0.15) is 18.1 Å². The average molecular weight is 392 g/mol. The van der Waals surface area contributed by atoms with E-state index >= 15 is 0 Å². The molecule has 0 aromatic heterocycles. The minimum absolute atomic E-state index is 0.0562. The van der Waals surface area contributed by atoms with Gasteiger partial charge in [-0.25, -0.2) is 17.6 Å². The van der Waals surface area contributed by atoms with E-state index in [0.29, 0.717) is 5.56 Å². The van der Waals surface area contributed by atoms with E-state index < -0.39 is 27.6 Å². The molecule has 0 aliphatic carbocycles. The first-order valence-electron chi connectivity index (χ1n) is 7.76. The number of aliphatic carboxylic acids is 1. The summed E-state index contributed by atoms with van der Waals surface area (Å²) in [5.41, 5.74) is 0.299. The lowest BCUT2D eigenvalue weighted by Gasteiger charge is -2.14. The van der Waals surface area contributed by atoms with E-state index in [-0.39, 0.29) is 28.2 Å². The Hall–Kier alpha value is -3.00. The maximum Gasteiger partial charge on any atom is 0.336 e. The van der Waals surface area contributed by atoms with Crippen LogP contribution in [0.15, 0.2) is 53.4 Å². The van der Waals surface area contributed by atoms with Crippen LogP contribution < -0.4 is 0 Å². The lowest BCUT2D eigenvalue weighted by atomic mass is 9.95. The van der Waals surface area contributed by atoms with Crippen LogP contribution in [0.2, 0.25) is 0 Å². The number of carboxylic acids is 1. The number of carboxylic acid groups (broad SMARTS) is 1. The fraction of sp³-hybridized carbons (Fsp3) is 0.158. The molecule has 2 aromatic carbocycles. The number of hydrogen-bond donors (Lipinski definition) is 1. The number of carbonyl (C=O) groups is 2. The number of esters is 1. The zero-order valence-corrected chi connectivity index (χ0v) is 15.4. The summed E-state index contributed by atoms with van der Waals surface area (Å²) < 4.78 is 41.8. The minimum atomic E-state index is -3.43. The smallest absolute Gasteiger partial charge is 0.336 e. The molecule has 0 fully saturated rings. The number of rotatable bonds is 6. The second-order valence-corrected chi connectivity index (χ2v) is 7.76. The van der Waals surface area contributed by atoms with Gasteiger partial charge in [-0.05, 0) is 35.4 Å². The van der Waals surface area contributed by atoms with Crippen molar-refractivity contribution in [2.24, 2.45) is 0 Å². The third-order valence-corrected chi connectivity index (χ3v) is 4.81. The predicted molar refractivity (Wildman–Crippen MR) is 97.0 cm³/mol. The molecule has 0 unspecified atom stereocenters. The number of hydrogen-bond acceptors (Lipinski definition) is 5. The number of halogens is 1. The molecule has 1 N–H and O–H groups in total. The van der Waals surface area contributed by atoms with Crippen LogP contribution in [-0.2, 0) is 24.2 Å². The van der Waals surface area contributed by atoms with E-state index in [1.165, 1.54) is 49.4 Å². The molecule has 2 rings (SSSR count). The molecule has 2 aromatic rings. The molecule has 0 saturated carbocycles. The lowest BCUT2D eigenvalue weighted by Crippen LogP contribution is -2.10. The van der Waals surface area contributed by atoms with Crippen LogP contribution in [0, 0.1) is 5.82 Å². The standard InChI is InChI=1S/C19H17FO6S/c1-12(21)26-11-17(13-6-8-16(9-7-13)27(2,24)25)18(19(22)23)14-4-3-5-15(20)10-14/h3-10H,11H2,1-2H3,(H,22,23)/b18-17+. The molecule has 0 saturated heterocycles. The molecular formula is C19H17FO6S. The fourth-order valence-electron chi connectivity index (χ4n) is 2.45. The summed E-state index contributed by atoms with van der Waals surface area (Å²) in [6.45, 7) is 0.804. The minimum Gasteiger partial charge on any atom is -0.478 e. The number of sulfone groups is 1. The third kappa shape index (κ3) is 5.24. The van der Waals surface area contributed by atoms with Gasteiger partial charge in [0.25, 0.3) is 0 Å². The van der Waals surface area contributed by atoms with Crippen LogP contribution in [-0.4, -0.2) is 38.3 Å². The van der Waals surface area contributed by atoms with Crippen molar-refractivity contribution in [3.8, 4) is 0 Å². The summed E-state index contributed by atoms with van der Waals surface area (Å²) >= 11 is 0. The maximum atomic E-state index is 13.6.